The Balaban J connectivity index is 2.65. The third-order valence-corrected chi connectivity index (χ3v) is 11.2. The smallest absolute Gasteiger partial charge is 0.462 e. The summed E-state index contributed by atoms with van der Waals surface area (Å²) in [6.07, 6.45) is 12.4. The molecule has 7 atom stereocenters. The molecule has 336 valence electrons. The molecule has 1 fully saturated rings. The third-order valence-electron chi connectivity index (χ3n) is 10.3. The van der Waals surface area contributed by atoms with Crippen molar-refractivity contribution in [2.75, 3.05) is 13.2 Å². The van der Waals surface area contributed by atoms with Gasteiger partial charge in [0.25, 0.3) is 0 Å². The molecule has 0 spiro atoms. The SMILES string of the molecule is [2H]C(CCCCCCCCCCCCC)C([2H])([2H])C(=O)OC[C@H](COP(=O)(O)OC1C(O)C(O)C(O)C(O)C1O)OC(=O)CCCCCCCC=CCCCCCCCC. The zero-order valence-electron chi connectivity index (χ0n) is 38.1. The molecule has 0 saturated heterocycles. The first-order valence-electron chi connectivity index (χ1n) is 23.7. The van der Waals surface area contributed by atoms with Gasteiger partial charge in [-0.05, 0) is 38.5 Å². The second-order valence-corrected chi connectivity index (χ2v) is 16.9. The number of carbonyl (C=O) groups is 2. The fourth-order valence-corrected chi connectivity index (χ4v) is 7.63. The molecular formula is C43H81O13P. The maximum Gasteiger partial charge on any atom is 0.472 e. The number of esters is 2. The van der Waals surface area contributed by atoms with E-state index in [9.17, 15) is 44.6 Å². The van der Waals surface area contributed by atoms with Gasteiger partial charge in [0.15, 0.2) is 6.10 Å². The molecule has 0 heterocycles. The summed E-state index contributed by atoms with van der Waals surface area (Å²) in [5.41, 5.74) is 0. The zero-order valence-corrected chi connectivity index (χ0v) is 36.0. The summed E-state index contributed by atoms with van der Waals surface area (Å²) in [5.74, 6) is -2.11. The minimum atomic E-state index is -5.25. The van der Waals surface area contributed by atoms with Crippen LogP contribution in [0.15, 0.2) is 12.2 Å². The Labute approximate surface area is 348 Å². The lowest BCUT2D eigenvalue weighted by atomic mass is 9.85. The quantitative estimate of drug-likeness (QED) is 0.0151. The summed E-state index contributed by atoms with van der Waals surface area (Å²) < 4.78 is 58.0. The zero-order chi connectivity index (χ0) is 44.8. The first-order chi connectivity index (χ1) is 28.6. The van der Waals surface area contributed by atoms with Gasteiger partial charge in [0, 0.05) is 16.9 Å². The molecule has 6 unspecified atom stereocenters. The van der Waals surface area contributed by atoms with Gasteiger partial charge in [-0.3, -0.25) is 18.6 Å². The lowest BCUT2D eigenvalue weighted by Crippen LogP contribution is -2.64. The van der Waals surface area contributed by atoms with Gasteiger partial charge in [-0.25, -0.2) is 4.57 Å². The number of aliphatic hydroxyl groups excluding tert-OH is 5. The molecule has 1 rings (SSSR count). The second-order valence-electron chi connectivity index (χ2n) is 15.5. The molecule has 0 bridgehead atoms. The van der Waals surface area contributed by atoms with Crippen LogP contribution in [0.2, 0.25) is 0 Å². The summed E-state index contributed by atoms with van der Waals surface area (Å²) in [5, 5.41) is 50.2. The van der Waals surface area contributed by atoms with E-state index in [0.717, 1.165) is 64.2 Å². The molecule has 6 N–H and O–H groups in total. The highest BCUT2D eigenvalue weighted by Crippen LogP contribution is 2.47. The molecular weight excluding hydrogens is 755 g/mol. The molecule has 0 radical (unpaired) electrons. The van der Waals surface area contributed by atoms with Crippen molar-refractivity contribution in [3.8, 4) is 0 Å². The number of unbranched alkanes of at least 4 members (excludes halogenated alkanes) is 21. The third kappa shape index (κ3) is 27.1. The predicted molar refractivity (Wildman–Crippen MR) is 221 cm³/mol. The van der Waals surface area contributed by atoms with E-state index in [4.69, 9.17) is 22.6 Å². The normalized spacial score (nSPS) is 24.3. The van der Waals surface area contributed by atoms with Crippen molar-refractivity contribution < 1.29 is 67.2 Å². The van der Waals surface area contributed by atoms with Crippen LogP contribution in [-0.2, 0) is 32.7 Å². The van der Waals surface area contributed by atoms with Crippen molar-refractivity contribution in [1.29, 1.82) is 0 Å². The van der Waals surface area contributed by atoms with Crippen LogP contribution in [0.1, 0.15) is 198 Å². The van der Waals surface area contributed by atoms with Gasteiger partial charge in [-0.15, -0.1) is 0 Å². The van der Waals surface area contributed by atoms with Gasteiger partial charge in [-0.1, -0.05) is 154 Å². The summed E-state index contributed by atoms with van der Waals surface area (Å²) in [7, 11) is -5.25. The predicted octanol–water partition coefficient (Wildman–Crippen LogP) is 8.28. The summed E-state index contributed by atoms with van der Waals surface area (Å²) in [6, 6.07) is 0. The van der Waals surface area contributed by atoms with Crippen molar-refractivity contribution in [1.82, 2.24) is 0 Å². The molecule has 1 aliphatic carbocycles. The number of aliphatic hydroxyl groups is 5. The lowest BCUT2D eigenvalue weighted by molar-refractivity contribution is -0.220. The summed E-state index contributed by atoms with van der Waals surface area (Å²) in [6.45, 7) is 2.70. The van der Waals surface area contributed by atoms with E-state index in [-0.39, 0.29) is 12.8 Å². The highest BCUT2D eigenvalue weighted by Gasteiger charge is 2.51. The van der Waals surface area contributed by atoms with Gasteiger partial charge in [-0.2, -0.15) is 0 Å². The Kier molecular flexibility index (Phi) is 29.1. The van der Waals surface area contributed by atoms with Crippen molar-refractivity contribution in [2.24, 2.45) is 0 Å². The van der Waals surface area contributed by atoms with Crippen LogP contribution < -0.4 is 0 Å². The van der Waals surface area contributed by atoms with Crippen molar-refractivity contribution in [3.63, 3.8) is 0 Å². The van der Waals surface area contributed by atoms with E-state index in [1.54, 1.807) is 0 Å². The second kappa shape index (κ2) is 34.3. The standard InChI is InChI=1S/C43H81O13P/c1-3-5-7-9-11-13-15-17-18-20-22-24-26-28-30-32-37(45)55-35(34-54-57(51,52)56-43-41(49)39(47)38(46)40(48)42(43)50)33-53-36(44)31-29-27-25-23-21-19-16-14-12-10-8-6-4-2/h17-18,35,38-43,46-50H,3-16,19-34H2,1-2H3,(H,51,52)/t35-,38?,39?,40?,41?,42?,43?/m1/s1/i29D,31D2/t29?,35-,38?,39?,40?,41?,42?,43?. The van der Waals surface area contributed by atoms with Crippen LogP contribution in [0.5, 0.6) is 0 Å². The average molecular weight is 840 g/mol. The van der Waals surface area contributed by atoms with E-state index < -0.39 is 88.5 Å². The van der Waals surface area contributed by atoms with Gasteiger partial charge in [0.2, 0.25) is 0 Å². The van der Waals surface area contributed by atoms with E-state index >= 15 is 0 Å². The van der Waals surface area contributed by atoms with E-state index in [1.807, 2.05) is 0 Å². The number of hydrogen-bond acceptors (Lipinski definition) is 12. The van der Waals surface area contributed by atoms with Crippen molar-refractivity contribution in [2.45, 2.75) is 236 Å². The summed E-state index contributed by atoms with van der Waals surface area (Å²) in [4.78, 5) is 36.1. The minimum absolute atomic E-state index is 0.0248. The fourth-order valence-electron chi connectivity index (χ4n) is 6.66. The molecule has 1 aliphatic rings. The highest BCUT2D eigenvalue weighted by molar-refractivity contribution is 7.47. The van der Waals surface area contributed by atoms with Gasteiger partial charge in [0.1, 0.15) is 43.2 Å². The largest absolute Gasteiger partial charge is 0.472 e. The molecule has 0 aromatic carbocycles. The first-order valence-corrected chi connectivity index (χ1v) is 23.6. The van der Waals surface area contributed by atoms with Crippen LogP contribution >= 0.6 is 7.82 Å². The van der Waals surface area contributed by atoms with Crippen LogP contribution in [0.25, 0.3) is 0 Å². The minimum Gasteiger partial charge on any atom is -0.462 e. The number of allylic oxidation sites excluding steroid dienone is 2. The van der Waals surface area contributed by atoms with Gasteiger partial charge < -0.3 is 39.9 Å². The molecule has 0 amide bonds. The van der Waals surface area contributed by atoms with Crippen LogP contribution in [0, 0.1) is 0 Å². The molecule has 57 heavy (non-hydrogen) atoms. The number of ether oxygens (including phenoxy) is 2. The van der Waals surface area contributed by atoms with Crippen molar-refractivity contribution in [3.05, 3.63) is 12.2 Å². The maximum atomic E-state index is 12.9. The Morgan fingerprint density at radius 2 is 1.02 bits per heavy atom. The Morgan fingerprint density at radius 3 is 1.51 bits per heavy atom. The average Bonchev–Trinajstić information content (AvgIpc) is 3.22. The van der Waals surface area contributed by atoms with E-state index in [2.05, 4.69) is 26.0 Å². The van der Waals surface area contributed by atoms with Crippen LogP contribution in [0.3, 0.4) is 0 Å². The number of carbonyl (C=O) groups excluding carboxylic acids is 2. The molecule has 0 aromatic rings. The highest BCUT2D eigenvalue weighted by atomic mass is 31.2. The molecule has 1 saturated carbocycles. The first kappa shape index (κ1) is 48.3. The molecule has 13 nitrogen and oxygen atoms in total. The van der Waals surface area contributed by atoms with Gasteiger partial charge >= 0.3 is 19.8 Å². The van der Waals surface area contributed by atoms with Crippen molar-refractivity contribution >= 4 is 19.8 Å². The maximum absolute atomic E-state index is 12.9. The molecule has 0 aliphatic heterocycles. The van der Waals surface area contributed by atoms with E-state index in [1.165, 1.54) is 77.0 Å². The summed E-state index contributed by atoms with van der Waals surface area (Å²) >= 11 is 0. The Bertz CT molecular complexity index is 1180. The lowest BCUT2D eigenvalue weighted by Gasteiger charge is -2.41. The monoisotopic (exact) mass is 840 g/mol. The number of phosphoric ester groups is 1. The van der Waals surface area contributed by atoms with Crippen LogP contribution in [0.4, 0.5) is 0 Å². The fraction of sp³-hybridized carbons (Fsp3) is 0.907. The Hall–Kier alpha value is -1.41. The van der Waals surface area contributed by atoms with E-state index in [0.29, 0.717) is 12.8 Å². The molecule has 0 aromatic heterocycles. The Morgan fingerprint density at radius 1 is 0.596 bits per heavy atom. The topological polar surface area (TPSA) is 210 Å². The van der Waals surface area contributed by atoms with Gasteiger partial charge in [0.05, 0.1) is 6.61 Å². The number of hydrogen-bond donors (Lipinski definition) is 6. The number of rotatable bonds is 37. The molecule has 14 heteroatoms. The number of phosphoric acid groups is 1. The van der Waals surface area contributed by atoms with Crippen LogP contribution in [-0.4, -0.2) is 98.3 Å².